The highest BCUT2D eigenvalue weighted by atomic mass is 35.5. The highest BCUT2D eigenvalue weighted by molar-refractivity contribution is 5.85. The Labute approximate surface area is 85.5 Å². The monoisotopic (exact) mass is 201 g/mol. The second-order valence-electron chi connectivity index (χ2n) is 2.91. The normalized spacial score (nSPS) is 11.6. The molecule has 0 radical (unpaired) electrons. The number of rotatable bonds is 3. The first-order chi connectivity index (χ1) is 5.77. The molecule has 1 unspecified atom stereocenters. The molecule has 0 spiro atoms. The van der Waals surface area contributed by atoms with Gasteiger partial charge in [0.15, 0.2) is 0 Å². The standard InChI is InChI=1S/C10H15NO.ClH/c1-8(7-11)9-4-3-5-10(6-9)12-2;/h3-6,8H,7,11H2,1-2H3;1H. The molecule has 74 valence electrons. The molecule has 1 aromatic rings. The molecule has 3 heteroatoms. The topological polar surface area (TPSA) is 35.2 Å². The van der Waals surface area contributed by atoms with Gasteiger partial charge in [0.25, 0.3) is 0 Å². The number of benzene rings is 1. The predicted molar refractivity (Wildman–Crippen MR) is 57.7 cm³/mol. The van der Waals surface area contributed by atoms with E-state index in [0.29, 0.717) is 12.5 Å². The van der Waals surface area contributed by atoms with E-state index in [4.69, 9.17) is 10.5 Å². The maximum absolute atomic E-state index is 5.55. The van der Waals surface area contributed by atoms with Gasteiger partial charge in [-0.3, -0.25) is 0 Å². The van der Waals surface area contributed by atoms with Crippen molar-refractivity contribution in [1.82, 2.24) is 0 Å². The molecule has 2 N–H and O–H groups in total. The number of methoxy groups -OCH3 is 1. The van der Waals surface area contributed by atoms with Gasteiger partial charge in [-0.2, -0.15) is 0 Å². The van der Waals surface area contributed by atoms with Crippen molar-refractivity contribution in [2.75, 3.05) is 13.7 Å². The summed E-state index contributed by atoms with van der Waals surface area (Å²) >= 11 is 0. The van der Waals surface area contributed by atoms with Crippen LogP contribution < -0.4 is 10.5 Å². The number of halogens is 1. The molecule has 0 aromatic heterocycles. The van der Waals surface area contributed by atoms with Crippen LogP contribution in [-0.4, -0.2) is 13.7 Å². The fourth-order valence-corrected chi connectivity index (χ4v) is 1.08. The van der Waals surface area contributed by atoms with Gasteiger partial charge >= 0.3 is 0 Å². The van der Waals surface area contributed by atoms with Crippen LogP contribution >= 0.6 is 12.4 Å². The lowest BCUT2D eigenvalue weighted by atomic mass is 10.0. The summed E-state index contributed by atoms with van der Waals surface area (Å²) in [4.78, 5) is 0. The average Bonchev–Trinajstić information content (AvgIpc) is 2.17. The largest absolute Gasteiger partial charge is 0.497 e. The van der Waals surface area contributed by atoms with Crippen LogP contribution in [0.25, 0.3) is 0 Å². The van der Waals surface area contributed by atoms with E-state index >= 15 is 0 Å². The van der Waals surface area contributed by atoms with E-state index in [9.17, 15) is 0 Å². The minimum atomic E-state index is 0. The van der Waals surface area contributed by atoms with Crippen molar-refractivity contribution in [2.24, 2.45) is 5.73 Å². The van der Waals surface area contributed by atoms with Crippen molar-refractivity contribution in [3.8, 4) is 5.75 Å². The third-order valence-corrected chi connectivity index (χ3v) is 2.02. The van der Waals surface area contributed by atoms with Crippen LogP contribution in [0.3, 0.4) is 0 Å². The van der Waals surface area contributed by atoms with E-state index in [1.165, 1.54) is 5.56 Å². The zero-order chi connectivity index (χ0) is 8.97. The van der Waals surface area contributed by atoms with Crippen molar-refractivity contribution in [1.29, 1.82) is 0 Å². The van der Waals surface area contributed by atoms with E-state index in [2.05, 4.69) is 13.0 Å². The third-order valence-electron chi connectivity index (χ3n) is 2.02. The molecule has 0 bridgehead atoms. The molecule has 13 heavy (non-hydrogen) atoms. The molecule has 1 rings (SSSR count). The van der Waals surface area contributed by atoms with Crippen LogP contribution in [-0.2, 0) is 0 Å². The summed E-state index contributed by atoms with van der Waals surface area (Å²) in [6.07, 6.45) is 0. The smallest absolute Gasteiger partial charge is 0.119 e. The van der Waals surface area contributed by atoms with Crippen LogP contribution in [0.4, 0.5) is 0 Å². The molecule has 0 saturated carbocycles. The Morgan fingerprint density at radius 1 is 1.46 bits per heavy atom. The van der Waals surface area contributed by atoms with Gasteiger partial charge in [-0.1, -0.05) is 19.1 Å². The van der Waals surface area contributed by atoms with Gasteiger partial charge in [-0.25, -0.2) is 0 Å². The lowest BCUT2D eigenvalue weighted by Gasteiger charge is -2.09. The molecule has 0 aliphatic carbocycles. The zero-order valence-corrected chi connectivity index (χ0v) is 8.80. The summed E-state index contributed by atoms with van der Waals surface area (Å²) in [5.41, 5.74) is 6.79. The molecule has 0 saturated heterocycles. The summed E-state index contributed by atoms with van der Waals surface area (Å²) in [5, 5.41) is 0. The molecular weight excluding hydrogens is 186 g/mol. The van der Waals surface area contributed by atoms with Crippen molar-refractivity contribution in [3.63, 3.8) is 0 Å². The maximum Gasteiger partial charge on any atom is 0.119 e. The number of hydrogen-bond acceptors (Lipinski definition) is 2. The predicted octanol–water partition coefficient (Wildman–Crippen LogP) is 2.18. The molecule has 2 nitrogen and oxygen atoms in total. The average molecular weight is 202 g/mol. The Bertz CT molecular complexity index is 252. The number of nitrogens with two attached hydrogens (primary N) is 1. The highest BCUT2D eigenvalue weighted by Crippen LogP contribution is 2.19. The van der Waals surface area contributed by atoms with Crippen LogP contribution in [0.1, 0.15) is 18.4 Å². The quantitative estimate of drug-likeness (QED) is 0.814. The Hall–Kier alpha value is -0.730. The minimum Gasteiger partial charge on any atom is -0.497 e. The van der Waals surface area contributed by atoms with Gasteiger partial charge in [-0.15, -0.1) is 12.4 Å². The fourth-order valence-electron chi connectivity index (χ4n) is 1.08. The molecule has 0 fully saturated rings. The first-order valence-corrected chi connectivity index (χ1v) is 4.12. The van der Waals surface area contributed by atoms with Crippen molar-refractivity contribution in [2.45, 2.75) is 12.8 Å². The minimum absolute atomic E-state index is 0. The van der Waals surface area contributed by atoms with Gasteiger partial charge < -0.3 is 10.5 Å². The Morgan fingerprint density at radius 2 is 2.15 bits per heavy atom. The van der Waals surface area contributed by atoms with Crippen LogP contribution in [0.15, 0.2) is 24.3 Å². The molecule has 0 aliphatic rings. The maximum atomic E-state index is 5.55. The lowest BCUT2D eigenvalue weighted by molar-refractivity contribution is 0.414. The second-order valence-corrected chi connectivity index (χ2v) is 2.91. The van der Waals surface area contributed by atoms with Crippen molar-refractivity contribution >= 4 is 12.4 Å². The summed E-state index contributed by atoms with van der Waals surface area (Å²) < 4.78 is 5.11. The van der Waals surface area contributed by atoms with E-state index in [-0.39, 0.29) is 12.4 Å². The van der Waals surface area contributed by atoms with Gasteiger partial charge in [-0.05, 0) is 30.2 Å². The van der Waals surface area contributed by atoms with E-state index in [1.807, 2.05) is 18.2 Å². The molecule has 1 aromatic carbocycles. The molecule has 0 heterocycles. The van der Waals surface area contributed by atoms with Crippen molar-refractivity contribution < 1.29 is 4.74 Å². The van der Waals surface area contributed by atoms with Gasteiger partial charge in [0.05, 0.1) is 7.11 Å². The Balaban J connectivity index is 0.00000144. The van der Waals surface area contributed by atoms with Crippen LogP contribution in [0.2, 0.25) is 0 Å². The summed E-state index contributed by atoms with van der Waals surface area (Å²) in [6, 6.07) is 8.02. The van der Waals surface area contributed by atoms with E-state index in [0.717, 1.165) is 5.75 Å². The summed E-state index contributed by atoms with van der Waals surface area (Å²) in [6.45, 7) is 2.78. The summed E-state index contributed by atoms with van der Waals surface area (Å²) in [7, 11) is 1.67. The first-order valence-electron chi connectivity index (χ1n) is 4.12. The fraction of sp³-hybridized carbons (Fsp3) is 0.400. The Kier molecular flexibility index (Phi) is 5.51. The lowest BCUT2D eigenvalue weighted by Crippen LogP contribution is -2.08. The summed E-state index contributed by atoms with van der Waals surface area (Å²) in [5.74, 6) is 1.30. The van der Waals surface area contributed by atoms with Gasteiger partial charge in [0.1, 0.15) is 5.75 Å². The SMILES string of the molecule is COc1cccc(C(C)CN)c1.Cl. The Morgan fingerprint density at radius 3 is 2.69 bits per heavy atom. The molecule has 0 aliphatic heterocycles. The number of ether oxygens (including phenoxy) is 1. The molecule has 0 amide bonds. The molecular formula is C10H16ClNO. The van der Waals surface area contributed by atoms with E-state index in [1.54, 1.807) is 7.11 Å². The van der Waals surface area contributed by atoms with Crippen molar-refractivity contribution in [3.05, 3.63) is 29.8 Å². The highest BCUT2D eigenvalue weighted by Gasteiger charge is 2.02. The third kappa shape index (κ3) is 3.25. The van der Waals surface area contributed by atoms with Gasteiger partial charge in [0.2, 0.25) is 0 Å². The van der Waals surface area contributed by atoms with Crippen LogP contribution in [0, 0.1) is 0 Å². The van der Waals surface area contributed by atoms with Crippen LogP contribution in [0.5, 0.6) is 5.75 Å². The van der Waals surface area contributed by atoms with Gasteiger partial charge in [0, 0.05) is 0 Å². The second kappa shape index (κ2) is 5.84. The van der Waals surface area contributed by atoms with E-state index < -0.39 is 0 Å². The first kappa shape index (κ1) is 12.3. The number of hydrogen-bond donors (Lipinski definition) is 1. The molecule has 1 atom stereocenters. The zero-order valence-electron chi connectivity index (χ0n) is 7.99.